The molecule has 0 aliphatic carbocycles. The van der Waals surface area contributed by atoms with Gasteiger partial charge in [0.05, 0.1) is 12.3 Å². The normalized spacial score (nSPS) is 13.1. The summed E-state index contributed by atoms with van der Waals surface area (Å²) in [4.78, 5) is 14.4. The van der Waals surface area contributed by atoms with Gasteiger partial charge in [-0.25, -0.2) is 0 Å². The van der Waals surface area contributed by atoms with E-state index in [2.05, 4.69) is 26.1 Å². The zero-order valence-corrected chi connectivity index (χ0v) is 14.6. The molecule has 0 spiro atoms. The van der Waals surface area contributed by atoms with Gasteiger partial charge >= 0.3 is 0 Å². The molecule has 124 valence electrons. The van der Waals surface area contributed by atoms with Crippen LogP contribution in [0.25, 0.3) is 0 Å². The van der Waals surface area contributed by atoms with Gasteiger partial charge in [-0.2, -0.15) is 0 Å². The third-order valence-electron chi connectivity index (χ3n) is 3.96. The lowest BCUT2D eigenvalue weighted by molar-refractivity contribution is 0.0939. The highest BCUT2D eigenvalue weighted by atomic mass is 16.3. The van der Waals surface area contributed by atoms with E-state index in [0.29, 0.717) is 12.1 Å². The number of carbonyl (C=O) groups excluding carboxylic acids is 1. The second-order valence-corrected chi connectivity index (χ2v) is 7.03. The lowest BCUT2D eigenvalue weighted by Crippen LogP contribution is -2.34. The van der Waals surface area contributed by atoms with Gasteiger partial charge in [0.25, 0.3) is 5.91 Å². The minimum Gasteiger partial charge on any atom is -0.468 e. The molecule has 0 unspecified atom stereocenters. The molecule has 1 heterocycles. The zero-order valence-electron chi connectivity index (χ0n) is 14.6. The Morgan fingerprint density at radius 2 is 1.83 bits per heavy atom. The largest absolute Gasteiger partial charge is 0.468 e. The number of nitrogens with one attached hydrogen (secondary N) is 1. The van der Waals surface area contributed by atoms with Crippen LogP contribution in [-0.4, -0.2) is 31.4 Å². The monoisotopic (exact) mass is 314 g/mol. The second-order valence-electron chi connectivity index (χ2n) is 7.03. The first-order valence-electron chi connectivity index (χ1n) is 7.87. The average Bonchev–Trinajstić information content (AvgIpc) is 3.00. The van der Waals surface area contributed by atoms with Crippen molar-refractivity contribution in [3.05, 3.63) is 59.5 Å². The number of rotatable bonds is 5. The lowest BCUT2D eigenvalue weighted by Gasteiger charge is -2.23. The number of benzene rings is 1. The molecule has 0 fully saturated rings. The summed E-state index contributed by atoms with van der Waals surface area (Å²) in [6.45, 7) is 6.98. The van der Waals surface area contributed by atoms with Gasteiger partial charge in [-0.3, -0.25) is 9.69 Å². The fraction of sp³-hybridized carbons (Fsp3) is 0.421. The minimum absolute atomic E-state index is 0.0165. The van der Waals surface area contributed by atoms with Crippen LogP contribution in [0.2, 0.25) is 0 Å². The van der Waals surface area contributed by atoms with Crippen LogP contribution in [0.3, 0.4) is 0 Å². The van der Waals surface area contributed by atoms with E-state index in [-0.39, 0.29) is 17.4 Å². The summed E-state index contributed by atoms with van der Waals surface area (Å²) in [5.74, 6) is 0.780. The lowest BCUT2D eigenvalue weighted by atomic mass is 9.87. The fourth-order valence-electron chi connectivity index (χ4n) is 2.43. The van der Waals surface area contributed by atoms with Gasteiger partial charge < -0.3 is 9.73 Å². The molecule has 0 saturated carbocycles. The molecular weight excluding hydrogens is 288 g/mol. The molecule has 4 nitrogen and oxygen atoms in total. The van der Waals surface area contributed by atoms with Crippen molar-refractivity contribution in [2.45, 2.75) is 32.2 Å². The summed E-state index contributed by atoms with van der Waals surface area (Å²) < 4.78 is 5.46. The van der Waals surface area contributed by atoms with Crippen LogP contribution in [-0.2, 0) is 5.41 Å². The molecule has 2 aromatic rings. The summed E-state index contributed by atoms with van der Waals surface area (Å²) in [5.41, 5.74) is 1.98. The average molecular weight is 314 g/mol. The van der Waals surface area contributed by atoms with E-state index in [1.165, 1.54) is 5.56 Å². The smallest absolute Gasteiger partial charge is 0.251 e. The summed E-state index contributed by atoms with van der Waals surface area (Å²) in [7, 11) is 3.94. The van der Waals surface area contributed by atoms with Gasteiger partial charge in [0.2, 0.25) is 0 Å². The minimum atomic E-state index is -0.0659. The van der Waals surface area contributed by atoms with Crippen molar-refractivity contribution in [3.8, 4) is 0 Å². The SMILES string of the molecule is CN(C)[C@@H](CNC(=O)c1ccc(C(C)(C)C)cc1)c1ccco1. The molecule has 2 rings (SSSR count). The molecule has 1 aromatic heterocycles. The Labute approximate surface area is 138 Å². The molecule has 0 saturated heterocycles. The molecule has 4 heteroatoms. The van der Waals surface area contributed by atoms with Crippen LogP contribution in [0.1, 0.15) is 48.5 Å². The Hall–Kier alpha value is -2.07. The third-order valence-corrected chi connectivity index (χ3v) is 3.96. The topological polar surface area (TPSA) is 45.5 Å². The highest BCUT2D eigenvalue weighted by Gasteiger charge is 2.19. The van der Waals surface area contributed by atoms with Gasteiger partial charge in [0.15, 0.2) is 0 Å². The number of hydrogen-bond donors (Lipinski definition) is 1. The van der Waals surface area contributed by atoms with E-state index in [1.54, 1.807) is 6.26 Å². The Kier molecular flexibility index (Phi) is 5.26. The maximum absolute atomic E-state index is 12.3. The first-order valence-corrected chi connectivity index (χ1v) is 7.87. The summed E-state index contributed by atoms with van der Waals surface area (Å²) >= 11 is 0. The van der Waals surface area contributed by atoms with Crippen LogP contribution in [0, 0.1) is 0 Å². The predicted octanol–water partition coefficient (Wildman–Crippen LogP) is 3.61. The van der Waals surface area contributed by atoms with Crippen LogP contribution in [0.4, 0.5) is 0 Å². The Morgan fingerprint density at radius 1 is 1.17 bits per heavy atom. The Bertz CT molecular complexity index is 622. The molecule has 0 radical (unpaired) electrons. The quantitative estimate of drug-likeness (QED) is 0.917. The maximum Gasteiger partial charge on any atom is 0.251 e. The molecule has 23 heavy (non-hydrogen) atoms. The van der Waals surface area contributed by atoms with Crippen molar-refractivity contribution >= 4 is 5.91 Å². The van der Waals surface area contributed by atoms with Crippen molar-refractivity contribution in [1.29, 1.82) is 0 Å². The number of carbonyl (C=O) groups is 1. The van der Waals surface area contributed by atoms with Crippen molar-refractivity contribution in [3.63, 3.8) is 0 Å². The van der Waals surface area contributed by atoms with E-state index < -0.39 is 0 Å². The van der Waals surface area contributed by atoms with Crippen molar-refractivity contribution in [1.82, 2.24) is 10.2 Å². The highest BCUT2D eigenvalue weighted by Crippen LogP contribution is 2.22. The van der Waals surface area contributed by atoms with E-state index in [4.69, 9.17) is 4.42 Å². The first-order chi connectivity index (χ1) is 10.8. The van der Waals surface area contributed by atoms with Crippen molar-refractivity contribution in [2.24, 2.45) is 0 Å². The van der Waals surface area contributed by atoms with E-state index in [0.717, 1.165) is 5.76 Å². The summed E-state index contributed by atoms with van der Waals surface area (Å²) in [6.07, 6.45) is 1.65. The van der Waals surface area contributed by atoms with Crippen LogP contribution < -0.4 is 5.32 Å². The van der Waals surface area contributed by atoms with Gasteiger partial charge in [0, 0.05) is 12.1 Å². The Balaban J connectivity index is 2.01. The van der Waals surface area contributed by atoms with Gasteiger partial charge in [0.1, 0.15) is 5.76 Å². The first kappa shape index (κ1) is 17.3. The molecule has 1 amide bonds. The van der Waals surface area contributed by atoms with Crippen LogP contribution in [0.5, 0.6) is 0 Å². The zero-order chi connectivity index (χ0) is 17.0. The number of hydrogen-bond acceptors (Lipinski definition) is 3. The van der Waals surface area contributed by atoms with E-state index >= 15 is 0 Å². The maximum atomic E-state index is 12.3. The number of amides is 1. The molecule has 0 aliphatic heterocycles. The van der Waals surface area contributed by atoms with Crippen molar-refractivity contribution < 1.29 is 9.21 Å². The van der Waals surface area contributed by atoms with E-state index in [9.17, 15) is 4.79 Å². The number of furan rings is 1. The summed E-state index contributed by atoms with van der Waals surface area (Å²) in [6, 6.07) is 11.6. The molecular formula is C19H26N2O2. The molecule has 0 aliphatic rings. The standard InChI is InChI=1S/C19H26N2O2/c1-19(2,3)15-10-8-14(9-11-15)18(22)20-13-16(21(4)5)17-7-6-12-23-17/h6-12,16H,13H2,1-5H3,(H,20,22)/t16-/m0/s1. The highest BCUT2D eigenvalue weighted by molar-refractivity contribution is 5.94. The van der Waals surface area contributed by atoms with Gasteiger partial charge in [-0.15, -0.1) is 0 Å². The van der Waals surface area contributed by atoms with Gasteiger partial charge in [-0.1, -0.05) is 32.9 Å². The summed E-state index contributed by atoms with van der Waals surface area (Å²) in [5, 5.41) is 2.99. The molecule has 1 atom stereocenters. The van der Waals surface area contributed by atoms with Crippen LogP contribution in [0.15, 0.2) is 47.1 Å². The van der Waals surface area contributed by atoms with Gasteiger partial charge in [-0.05, 0) is 49.3 Å². The van der Waals surface area contributed by atoms with Crippen molar-refractivity contribution in [2.75, 3.05) is 20.6 Å². The third kappa shape index (κ3) is 4.45. The number of nitrogens with zero attached hydrogens (tertiary/aromatic N) is 1. The predicted molar refractivity (Wildman–Crippen MR) is 92.6 cm³/mol. The molecule has 0 bridgehead atoms. The van der Waals surface area contributed by atoms with Crippen LogP contribution >= 0.6 is 0 Å². The fourth-order valence-corrected chi connectivity index (χ4v) is 2.43. The molecule has 1 aromatic carbocycles. The molecule has 1 N–H and O–H groups in total. The number of likely N-dealkylation sites (N-methyl/N-ethyl adjacent to an activating group) is 1. The second kappa shape index (κ2) is 7.01. The Morgan fingerprint density at radius 3 is 2.30 bits per heavy atom. The van der Waals surface area contributed by atoms with E-state index in [1.807, 2.05) is 55.4 Å².